The van der Waals surface area contributed by atoms with Crippen LogP contribution in [-0.4, -0.2) is 21.5 Å². The first-order valence-electron chi connectivity index (χ1n) is 5.81. The highest BCUT2D eigenvalue weighted by Crippen LogP contribution is 2.25. The molecule has 1 aromatic heterocycles. The molecule has 0 aromatic carbocycles. The summed E-state index contributed by atoms with van der Waals surface area (Å²) in [7, 11) is -3.32. The molecule has 1 aromatic rings. The molecule has 0 atom stereocenters. The minimum atomic E-state index is -3.32. The van der Waals surface area contributed by atoms with Gasteiger partial charge in [-0.25, -0.2) is 13.1 Å². The maximum atomic E-state index is 11.9. The van der Waals surface area contributed by atoms with Crippen LogP contribution in [0.1, 0.15) is 30.0 Å². The first-order chi connectivity index (χ1) is 8.01. The molecule has 0 saturated heterocycles. The summed E-state index contributed by atoms with van der Waals surface area (Å²) < 4.78 is 26.3. The van der Waals surface area contributed by atoms with Crippen molar-refractivity contribution in [2.45, 2.75) is 38.6 Å². The van der Waals surface area contributed by atoms with E-state index in [1.54, 1.807) is 13.0 Å². The third-order valence-corrected chi connectivity index (χ3v) is 5.12. The van der Waals surface area contributed by atoms with Crippen molar-refractivity contribution in [3.63, 3.8) is 0 Å². The predicted octanol–water partition coefficient (Wildman–Crippen LogP) is 1.85. The molecule has 0 unspecified atom stereocenters. The smallest absolute Gasteiger partial charge is 0.241 e. The van der Waals surface area contributed by atoms with E-state index in [2.05, 4.69) is 17.0 Å². The third kappa shape index (κ3) is 4.06. The van der Waals surface area contributed by atoms with Crippen molar-refractivity contribution in [2.24, 2.45) is 0 Å². The maximum Gasteiger partial charge on any atom is 0.241 e. The zero-order chi connectivity index (χ0) is 12.9. The van der Waals surface area contributed by atoms with Crippen molar-refractivity contribution >= 4 is 21.4 Å². The lowest BCUT2D eigenvalue weighted by Crippen LogP contribution is -2.23. The van der Waals surface area contributed by atoms with Gasteiger partial charge >= 0.3 is 0 Å². The Kier molecular flexibility index (Phi) is 5.58. The molecule has 17 heavy (non-hydrogen) atoms. The number of rotatable bonds is 7. The Hall–Kier alpha value is -0.430. The lowest BCUT2D eigenvalue weighted by atomic mass is 10.4. The van der Waals surface area contributed by atoms with Gasteiger partial charge < -0.3 is 5.32 Å². The van der Waals surface area contributed by atoms with Gasteiger partial charge in [0.2, 0.25) is 10.0 Å². The Bertz CT molecular complexity index is 452. The summed E-state index contributed by atoms with van der Waals surface area (Å²) in [4.78, 5) is 2.32. The highest BCUT2D eigenvalue weighted by atomic mass is 32.2. The molecule has 0 aliphatic heterocycles. The largest absolute Gasteiger partial charge is 0.312 e. The zero-order valence-electron chi connectivity index (χ0n) is 10.5. The standard InChI is InChI=1S/C11H20N2O2S2/c1-4-6-12-8-10-7-11(9(3)16-10)17(14,15)13-5-2/h7,12-13H,4-6,8H2,1-3H3. The summed E-state index contributed by atoms with van der Waals surface area (Å²) in [5, 5.41) is 3.27. The predicted molar refractivity (Wildman–Crippen MR) is 71.9 cm³/mol. The number of aryl methyl sites for hydroxylation is 1. The molecule has 2 N–H and O–H groups in total. The van der Waals surface area contributed by atoms with Gasteiger partial charge in [-0.05, 0) is 26.0 Å². The average Bonchev–Trinajstić information content (AvgIpc) is 2.61. The van der Waals surface area contributed by atoms with Crippen molar-refractivity contribution in [3.05, 3.63) is 15.8 Å². The Labute approximate surface area is 107 Å². The maximum absolute atomic E-state index is 11.9. The summed E-state index contributed by atoms with van der Waals surface area (Å²) in [5.41, 5.74) is 0. The van der Waals surface area contributed by atoms with E-state index in [1.807, 2.05) is 6.92 Å². The van der Waals surface area contributed by atoms with E-state index in [4.69, 9.17) is 0 Å². The fourth-order valence-corrected chi connectivity index (χ4v) is 4.18. The van der Waals surface area contributed by atoms with E-state index in [-0.39, 0.29) is 0 Å². The highest BCUT2D eigenvalue weighted by molar-refractivity contribution is 7.89. The number of nitrogens with one attached hydrogen (secondary N) is 2. The Balaban J connectivity index is 2.81. The number of hydrogen-bond donors (Lipinski definition) is 2. The molecule has 0 saturated carbocycles. The van der Waals surface area contributed by atoms with E-state index < -0.39 is 10.0 Å². The van der Waals surface area contributed by atoms with Crippen LogP contribution < -0.4 is 10.0 Å². The molecule has 0 radical (unpaired) electrons. The van der Waals surface area contributed by atoms with Crippen LogP contribution in [0, 0.1) is 6.92 Å². The fraction of sp³-hybridized carbons (Fsp3) is 0.636. The quantitative estimate of drug-likeness (QED) is 0.747. The normalized spacial score (nSPS) is 11.9. The Morgan fingerprint density at radius 1 is 1.35 bits per heavy atom. The topological polar surface area (TPSA) is 58.2 Å². The van der Waals surface area contributed by atoms with Gasteiger partial charge in [-0.15, -0.1) is 11.3 Å². The van der Waals surface area contributed by atoms with Gasteiger partial charge in [0.25, 0.3) is 0 Å². The molecule has 0 bridgehead atoms. The third-order valence-electron chi connectivity index (χ3n) is 2.27. The van der Waals surface area contributed by atoms with Crippen LogP contribution in [-0.2, 0) is 16.6 Å². The number of hydrogen-bond acceptors (Lipinski definition) is 4. The lowest BCUT2D eigenvalue weighted by molar-refractivity contribution is 0.583. The molecule has 4 nitrogen and oxygen atoms in total. The summed E-state index contributed by atoms with van der Waals surface area (Å²) in [6.45, 7) is 7.84. The van der Waals surface area contributed by atoms with Crippen LogP contribution >= 0.6 is 11.3 Å². The van der Waals surface area contributed by atoms with E-state index >= 15 is 0 Å². The van der Waals surface area contributed by atoms with E-state index in [1.165, 1.54) is 11.3 Å². The second-order valence-corrected chi connectivity index (χ2v) is 6.89. The molecule has 0 aliphatic carbocycles. The molecule has 1 rings (SSSR count). The summed E-state index contributed by atoms with van der Waals surface area (Å²) in [5.74, 6) is 0. The summed E-state index contributed by atoms with van der Waals surface area (Å²) in [6, 6.07) is 1.76. The van der Waals surface area contributed by atoms with Gasteiger partial charge in [0.05, 0.1) is 4.90 Å². The van der Waals surface area contributed by atoms with Crippen molar-refractivity contribution in [2.75, 3.05) is 13.1 Å². The number of thiophene rings is 1. The minimum absolute atomic E-state index is 0.414. The molecular formula is C11H20N2O2S2. The van der Waals surface area contributed by atoms with E-state index in [0.717, 1.165) is 29.3 Å². The van der Waals surface area contributed by atoms with Gasteiger partial charge in [-0.1, -0.05) is 13.8 Å². The van der Waals surface area contributed by atoms with Gasteiger partial charge in [0, 0.05) is 22.8 Å². The Morgan fingerprint density at radius 3 is 2.65 bits per heavy atom. The molecule has 98 valence electrons. The summed E-state index contributed by atoms with van der Waals surface area (Å²) >= 11 is 1.54. The SMILES string of the molecule is CCCNCc1cc(S(=O)(=O)NCC)c(C)s1. The lowest BCUT2D eigenvalue weighted by Gasteiger charge is -2.02. The van der Waals surface area contributed by atoms with E-state index in [9.17, 15) is 8.42 Å². The minimum Gasteiger partial charge on any atom is -0.312 e. The zero-order valence-corrected chi connectivity index (χ0v) is 12.2. The van der Waals surface area contributed by atoms with Crippen LogP contribution in [0.25, 0.3) is 0 Å². The van der Waals surface area contributed by atoms with Crippen molar-refractivity contribution < 1.29 is 8.42 Å². The van der Waals surface area contributed by atoms with Crippen LogP contribution in [0.15, 0.2) is 11.0 Å². The first kappa shape index (κ1) is 14.6. The molecule has 0 aliphatic rings. The molecule has 0 amide bonds. The molecule has 6 heteroatoms. The van der Waals surface area contributed by atoms with Crippen molar-refractivity contribution in [1.29, 1.82) is 0 Å². The van der Waals surface area contributed by atoms with Crippen molar-refractivity contribution in [3.8, 4) is 0 Å². The van der Waals surface area contributed by atoms with Crippen LogP contribution in [0.2, 0.25) is 0 Å². The second kappa shape index (κ2) is 6.49. The average molecular weight is 276 g/mol. The molecule has 0 spiro atoms. The van der Waals surface area contributed by atoms with E-state index in [0.29, 0.717) is 11.4 Å². The van der Waals surface area contributed by atoms with Crippen LogP contribution in [0.5, 0.6) is 0 Å². The molecule has 1 heterocycles. The van der Waals surface area contributed by atoms with Crippen LogP contribution in [0.4, 0.5) is 0 Å². The highest BCUT2D eigenvalue weighted by Gasteiger charge is 2.18. The fourth-order valence-electron chi connectivity index (χ4n) is 1.53. The van der Waals surface area contributed by atoms with Gasteiger partial charge in [0.15, 0.2) is 0 Å². The van der Waals surface area contributed by atoms with Gasteiger partial charge in [-0.2, -0.15) is 0 Å². The Morgan fingerprint density at radius 2 is 2.06 bits per heavy atom. The molecule has 0 fully saturated rings. The monoisotopic (exact) mass is 276 g/mol. The molecular weight excluding hydrogens is 256 g/mol. The second-order valence-electron chi connectivity index (χ2n) is 3.81. The number of sulfonamides is 1. The van der Waals surface area contributed by atoms with Crippen LogP contribution in [0.3, 0.4) is 0 Å². The van der Waals surface area contributed by atoms with Gasteiger partial charge in [0.1, 0.15) is 0 Å². The summed E-state index contributed by atoms with van der Waals surface area (Å²) in [6.07, 6.45) is 1.08. The van der Waals surface area contributed by atoms with Crippen molar-refractivity contribution in [1.82, 2.24) is 10.0 Å². The first-order valence-corrected chi connectivity index (χ1v) is 8.11. The van der Waals surface area contributed by atoms with Gasteiger partial charge in [-0.3, -0.25) is 0 Å².